The highest BCUT2D eigenvalue weighted by Gasteiger charge is 2.23. The van der Waals surface area contributed by atoms with Crippen LogP contribution in [0.4, 0.5) is 5.69 Å². The molecule has 0 saturated heterocycles. The summed E-state index contributed by atoms with van der Waals surface area (Å²) in [6.45, 7) is 0. The van der Waals surface area contributed by atoms with Gasteiger partial charge in [-0.05, 0) is 37.9 Å². The van der Waals surface area contributed by atoms with Gasteiger partial charge in [-0.25, -0.2) is 0 Å². The van der Waals surface area contributed by atoms with Gasteiger partial charge in [-0.2, -0.15) is 0 Å². The molecule has 1 aromatic heterocycles. The number of nitrogens with zero attached hydrogens (tertiary/aromatic N) is 2. The molecule has 20 heavy (non-hydrogen) atoms. The third-order valence-electron chi connectivity index (χ3n) is 2.90. The van der Waals surface area contributed by atoms with E-state index in [1.165, 1.54) is 0 Å². The first kappa shape index (κ1) is 14.5. The van der Waals surface area contributed by atoms with Gasteiger partial charge in [-0.1, -0.05) is 29.8 Å². The summed E-state index contributed by atoms with van der Waals surface area (Å²) in [6, 6.07) is 10.4. The number of benzene rings is 1. The number of aromatic nitrogens is 1. The molecule has 1 heterocycles. The van der Waals surface area contributed by atoms with Crippen molar-refractivity contribution in [3.05, 3.63) is 59.4 Å². The molecule has 104 valence electrons. The molecule has 1 unspecified atom stereocenters. The molecule has 4 nitrogen and oxygen atoms in total. The van der Waals surface area contributed by atoms with Crippen LogP contribution in [0.25, 0.3) is 0 Å². The first-order valence-corrected chi connectivity index (χ1v) is 6.59. The summed E-state index contributed by atoms with van der Waals surface area (Å²) in [5.41, 5.74) is 1.44. The predicted octanol–water partition coefficient (Wildman–Crippen LogP) is 2.98. The first-order valence-electron chi connectivity index (χ1n) is 6.21. The topological polar surface area (TPSA) is 45.2 Å². The molecule has 0 aliphatic heterocycles. The van der Waals surface area contributed by atoms with Crippen LogP contribution in [0.1, 0.15) is 11.6 Å². The third-order valence-corrected chi connectivity index (χ3v) is 3.23. The standard InChI is InChI=1S/C15H16ClN3O/c1-19(2)14(11-6-5-9-17-10-11)15(20)18-13-8-4-3-7-12(13)16/h3-10,14H,1-2H3,(H,18,20). The van der Waals surface area contributed by atoms with Crippen molar-refractivity contribution in [2.24, 2.45) is 0 Å². The molecule has 1 amide bonds. The average Bonchev–Trinajstić information content (AvgIpc) is 2.42. The van der Waals surface area contributed by atoms with Crippen LogP contribution in [-0.2, 0) is 4.79 Å². The van der Waals surface area contributed by atoms with E-state index in [4.69, 9.17) is 11.6 Å². The maximum Gasteiger partial charge on any atom is 0.246 e. The van der Waals surface area contributed by atoms with Crippen molar-refractivity contribution in [2.45, 2.75) is 6.04 Å². The fraction of sp³-hybridized carbons (Fsp3) is 0.200. The SMILES string of the molecule is CN(C)C(C(=O)Nc1ccccc1Cl)c1cccnc1. The average molecular weight is 290 g/mol. The predicted molar refractivity (Wildman–Crippen MR) is 80.7 cm³/mol. The molecular weight excluding hydrogens is 274 g/mol. The van der Waals surface area contributed by atoms with Gasteiger partial charge in [0.15, 0.2) is 0 Å². The summed E-state index contributed by atoms with van der Waals surface area (Å²) >= 11 is 6.06. The lowest BCUT2D eigenvalue weighted by Crippen LogP contribution is -2.32. The maximum atomic E-state index is 12.5. The van der Waals surface area contributed by atoms with E-state index in [0.717, 1.165) is 5.56 Å². The van der Waals surface area contributed by atoms with Crippen LogP contribution >= 0.6 is 11.6 Å². The van der Waals surface area contributed by atoms with Gasteiger partial charge >= 0.3 is 0 Å². The number of amides is 1. The van der Waals surface area contributed by atoms with Crippen molar-refractivity contribution in [3.63, 3.8) is 0 Å². The number of hydrogen-bond donors (Lipinski definition) is 1. The molecule has 2 rings (SSSR count). The Labute approximate surface area is 123 Å². The summed E-state index contributed by atoms with van der Waals surface area (Å²) in [6.07, 6.45) is 3.37. The van der Waals surface area contributed by atoms with E-state index in [9.17, 15) is 4.79 Å². The molecule has 5 heteroatoms. The molecule has 1 N–H and O–H groups in total. The van der Waals surface area contributed by atoms with Gasteiger partial charge < -0.3 is 5.32 Å². The van der Waals surface area contributed by atoms with Gasteiger partial charge in [0, 0.05) is 12.4 Å². The number of carbonyl (C=O) groups is 1. The van der Waals surface area contributed by atoms with Gasteiger partial charge in [0.25, 0.3) is 0 Å². The Morgan fingerprint density at radius 1 is 1.25 bits per heavy atom. The second kappa shape index (κ2) is 6.50. The molecule has 0 aliphatic carbocycles. The Balaban J connectivity index is 2.23. The zero-order valence-electron chi connectivity index (χ0n) is 11.4. The highest BCUT2D eigenvalue weighted by Crippen LogP contribution is 2.24. The highest BCUT2D eigenvalue weighted by atomic mass is 35.5. The Bertz CT molecular complexity index is 587. The third kappa shape index (κ3) is 3.35. The summed E-state index contributed by atoms with van der Waals surface area (Å²) < 4.78 is 0. The maximum absolute atomic E-state index is 12.5. The quantitative estimate of drug-likeness (QED) is 0.941. The van der Waals surface area contributed by atoms with Gasteiger partial charge in [0.05, 0.1) is 10.7 Å². The molecule has 0 bridgehead atoms. The van der Waals surface area contributed by atoms with Crippen LogP contribution < -0.4 is 5.32 Å². The Hall–Kier alpha value is -1.91. The fourth-order valence-electron chi connectivity index (χ4n) is 1.99. The van der Waals surface area contributed by atoms with Crippen LogP contribution in [0.5, 0.6) is 0 Å². The molecular formula is C15H16ClN3O. The van der Waals surface area contributed by atoms with Crippen molar-refractivity contribution in [1.29, 1.82) is 0 Å². The molecule has 1 aromatic carbocycles. The molecule has 0 saturated carbocycles. The van der Waals surface area contributed by atoms with Gasteiger partial charge in [0.1, 0.15) is 6.04 Å². The van der Waals surface area contributed by atoms with E-state index >= 15 is 0 Å². The van der Waals surface area contributed by atoms with Crippen molar-refractivity contribution in [1.82, 2.24) is 9.88 Å². The van der Waals surface area contributed by atoms with E-state index in [2.05, 4.69) is 10.3 Å². The van der Waals surface area contributed by atoms with Gasteiger partial charge in [-0.3, -0.25) is 14.7 Å². The van der Waals surface area contributed by atoms with Crippen LogP contribution in [-0.4, -0.2) is 29.9 Å². The van der Waals surface area contributed by atoms with Crippen molar-refractivity contribution < 1.29 is 4.79 Å². The summed E-state index contributed by atoms with van der Waals surface area (Å²) in [5.74, 6) is -0.142. The summed E-state index contributed by atoms with van der Waals surface area (Å²) in [4.78, 5) is 18.4. The number of likely N-dealkylation sites (N-methyl/N-ethyl adjacent to an activating group) is 1. The zero-order chi connectivity index (χ0) is 14.5. The number of hydrogen-bond acceptors (Lipinski definition) is 3. The van der Waals surface area contributed by atoms with E-state index < -0.39 is 6.04 Å². The van der Waals surface area contributed by atoms with E-state index in [0.29, 0.717) is 10.7 Å². The van der Waals surface area contributed by atoms with Crippen molar-refractivity contribution >= 4 is 23.2 Å². The lowest BCUT2D eigenvalue weighted by molar-refractivity contribution is -0.120. The smallest absolute Gasteiger partial charge is 0.246 e. The van der Waals surface area contributed by atoms with E-state index in [1.807, 2.05) is 43.3 Å². The molecule has 0 radical (unpaired) electrons. The van der Waals surface area contributed by atoms with E-state index in [1.54, 1.807) is 24.5 Å². The Kier molecular flexibility index (Phi) is 4.71. The highest BCUT2D eigenvalue weighted by molar-refractivity contribution is 6.33. The number of rotatable bonds is 4. The molecule has 0 spiro atoms. The second-order valence-corrected chi connectivity index (χ2v) is 5.03. The second-order valence-electron chi connectivity index (χ2n) is 4.62. The number of anilines is 1. The van der Waals surface area contributed by atoms with Crippen LogP contribution in [0, 0.1) is 0 Å². The molecule has 2 aromatic rings. The summed E-state index contributed by atoms with van der Waals surface area (Å²) in [5, 5.41) is 3.37. The fourth-order valence-corrected chi connectivity index (χ4v) is 2.17. The normalized spacial score (nSPS) is 12.2. The van der Waals surface area contributed by atoms with Gasteiger partial charge in [-0.15, -0.1) is 0 Å². The monoisotopic (exact) mass is 289 g/mol. The zero-order valence-corrected chi connectivity index (χ0v) is 12.1. The summed E-state index contributed by atoms with van der Waals surface area (Å²) in [7, 11) is 3.70. The lowest BCUT2D eigenvalue weighted by Gasteiger charge is -2.23. The molecule has 0 aliphatic rings. The number of para-hydroxylation sites is 1. The van der Waals surface area contributed by atoms with Crippen LogP contribution in [0.2, 0.25) is 5.02 Å². The number of pyridine rings is 1. The Morgan fingerprint density at radius 2 is 2.00 bits per heavy atom. The van der Waals surface area contributed by atoms with Crippen molar-refractivity contribution in [3.8, 4) is 0 Å². The largest absolute Gasteiger partial charge is 0.323 e. The number of halogens is 1. The van der Waals surface area contributed by atoms with Crippen LogP contribution in [0.15, 0.2) is 48.8 Å². The van der Waals surface area contributed by atoms with Gasteiger partial charge in [0.2, 0.25) is 5.91 Å². The lowest BCUT2D eigenvalue weighted by atomic mass is 10.1. The van der Waals surface area contributed by atoms with Crippen molar-refractivity contribution in [2.75, 3.05) is 19.4 Å². The number of nitrogens with one attached hydrogen (secondary N) is 1. The molecule has 1 atom stereocenters. The molecule has 0 fully saturated rings. The first-order chi connectivity index (χ1) is 9.59. The van der Waals surface area contributed by atoms with E-state index in [-0.39, 0.29) is 5.91 Å². The minimum absolute atomic E-state index is 0.142. The minimum Gasteiger partial charge on any atom is -0.323 e. The van der Waals surface area contributed by atoms with Crippen LogP contribution in [0.3, 0.4) is 0 Å². The number of carbonyl (C=O) groups excluding carboxylic acids is 1. The minimum atomic E-state index is -0.417. The Morgan fingerprint density at radius 3 is 2.60 bits per heavy atom.